The molecule has 0 aliphatic carbocycles. The Morgan fingerprint density at radius 1 is 1.39 bits per heavy atom. The first kappa shape index (κ1) is 12.6. The monoisotopic (exact) mass is 246 g/mol. The number of nitrogens with two attached hydrogens (primary N) is 1. The first-order chi connectivity index (χ1) is 8.61. The maximum atomic E-state index is 6.25. The maximum absolute atomic E-state index is 6.25. The van der Waals surface area contributed by atoms with E-state index in [0.717, 1.165) is 29.2 Å². The molecule has 2 rings (SSSR count). The second-order valence-electron chi connectivity index (χ2n) is 4.35. The molecule has 0 aliphatic heterocycles. The minimum atomic E-state index is -0.128. The fraction of sp³-hybridized carbons (Fsp3) is 0.500. The van der Waals surface area contributed by atoms with E-state index in [9.17, 15) is 0 Å². The van der Waals surface area contributed by atoms with Crippen LogP contribution in [-0.2, 0) is 19.9 Å². The van der Waals surface area contributed by atoms with Crippen LogP contribution < -0.4 is 5.73 Å². The molecular formula is C12H18N6. The summed E-state index contributed by atoms with van der Waals surface area (Å²) in [5, 5.41) is 12.3. The lowest BCUT2D eigenvalue weighted by molar-refractivity contribution is 0.619. The molecule has 0 spiro atoms. The summed E-state index contributed by atoms with van der Waals surface area (Å²) < 4.78 is 1.74. The number of hydrogen-bond donors (Lipinski definition) is 1. The van der Waals surface area contributed by atoms with Crippen LogP contribution in [0.15, 0.2) is 12.4 Å². The molecule has 1 unspecified atom stereocenters. The molecule has 0 saturated carbocycles. The highest BCUT2D eigenvalue weighted by Gasteiger charge is 2.15. The molecule has 0 amide bonds. The average molecular weight is 246 g/mol. The third kappa shape index (κ3) is 2.53. The largest absolute Gasteiger partial charge is 0.324 e. The normalized spacial score (nSPS) is 12.7. The van der Waals surface area contributed by atoms with Gasteiger partial charge < -0.3 is 5.73 Å². The van der Waals surface area contributed by atoms with Crippen LogP contribution in [0.25, 0.3) is 0 Å². The van der Waals surface area contributed by atoms with E-state index in [1.165, 1.54) is 0 Å². The SMILES string of the molecule is CCc1nnc(C)cc1C(N)Cc1ncnn1C. The van der Waals surface area contributed by atoms with Gasteiger partial charge in [-0.05, 0) is 25.0 Å². The lowest BCUT2D eigenvalue weighted by Crippen LogP contribution is -2.19. The molecule has 0 fully saturated rings. The van der Waals surface area contributed by atoms with Gasteiger partial charge in [-0.1, -0.05) is 6.92 Å². The van der Waals surface area contributed by atoms with Gasteiger partial charge in [-0.15, -0.1) is 0 Å². The molecule has 18 heavy (non-hydrogen) atoms. The molecule has 2 aromatic rings. The van der Waals surface area contributed by atoms with Crippen LogP contribution in [0.4, 0.5) is 0 Å². The van der Waals surface area contributed by atoms with E-state index in [4.69, 9.17) is 5.73 Å². The van der Waals surface area contributed by atoms with Gasteiger partial charge in [0.25, 0.3) is 0 Å². The van der Waals surface area contributed by atoms with E-state index in [1.54, 1.807) is 11.0 Å². The highest BCUT2D eigenvalue weighted by Crippen LogP contribution is 2.18. The van der Waals surface area contributed by atoms with Crippen LogP contribution in [0.2, 0.25) is 0 Å². The summed E-state index contributed by atoms with van der Waals surface area (Å²) in [7, 11) is 1.87. The van der Waals surface area contributed by atoms with E-state index in [0.29, 0.717) is 6.42 Å². The minimum Gasteiger partial charge on any atom is -0.324 e. The lowest BCUT2D eigenvalue weighted by atomic mass is 10.0. The second-order valence-corrected chi connectivity index (χ2v) is 4.35. The van der Waals surface area contributed by atoms with Crippen LogP contribution >= 0.6 is 0 Å². The summed E-state index contributed by atoms with van der Waals surface area (Å²) in [5.74, 6) is 0.874. The van der Waals surface area contributed by atoms with Gasteiger partial charge in [-0.3, -0.25) is 4.68 Å². The average Bonchev–Trinajstić information content (AvgIpc) is 2.75. The van der Waals surface area contributed by atoms with Crippen molar-refractivity contribution in [3.05, 3.63) is 35.2 Å². The van der Waals surface area contributed by atoms with Gasteiger partial charge in [0, 0.05) is 19.5 Å². The number of nitrogens with zero attached hydrogens (tertiary/aromatic N) is 5. The van der Waals surface area contributed by atoms with Gasteiger partial charge in [0.15, 0.2) is 0 Å². The zero-order chi connectivity index (χ0) is 13.1. The number of rotatable bonds is 4. The van der Waals surface area contributed by atoms with Crippen molar-refractivity contribution in [1.29, 1.82) is 0 Å². The fourth-order valence-corrected chi connectivity index (χ4v) is 1.94. The summed E-state index contributed by atoms with van der Waals surface area (Å²) in [6.07, 6.45) is 3.02. The van der Waals surface area contributed by atoms with E-state index < -0.39 is 0 Å². The number of aromatic nitrogens is 5. The molecule has 0 saturated heterocycles. The first-order valence-corrected chi connectivity index (χ1v) is 6.03. The fourth-order valence-electron chi connectivity index (χ4n) is 1.94. The molecule has 0 aromatic carbocycles. The molecule has 6 nitrogen and oxygen atoms in total. The third-order valence-electron chi connectivity index (χ3n) is 2.97. The molecule has 1 atom stereocenters. The first-order valence-electron chi connectivity index (χ1n) is 6.03. The molecule has 96 valence electrons. The van der Waals surface area contributed by atoms with E-state index in [-0.39, 0.29) is 6.04 Å². The lowest BCUT2D eigenvalue weighted by Gasteiger charge is -2.14. The van der Waals surface area contributed by atoms with Crippen molar-refractivity contribution < 1.29 is 0 Å². The summed E-state index contributed by atoms with van der Waals surface area (Å²) in [6, 6.07) is 1.88. The summed E-state index contributed by atoms with van der Waals surface area (Å²) in [6.45, 7) is 3.98. The van der Waals surface area contributed by atoms with Crippen molar-refractivity contribution in [2.45, 2.75) is 32.7 Å². The minimum absolute atomic E-state index is 0.128. The van der Waals surface area contributed by atoms with Gasteiger partial charge in [0.2, 0.25) is 0 Å². The molecule has 0 aliphatic rings. The predicted molar refractivity (Wildman–Crippen MR) is 67.8 cm³/mol. The Bertz CT molecular complexity index is 533. The van der Waals surface area contributed by atoms with Crippen molar-refractivity contribution >= 4 is 0 Å². The van der Waals surface area contributed by atoms with Crippen molar-refractivity contribution in [2.75, 3.05) is 0 Å². The molecule has 2 N–H and O–H groups in total. The van der Waals surface area contributed by atoms with Gasteiger partial charge in [-0.2, -0.15) is 15.3 Å². The Kier molecular flexibility index (Phi) is 3.66. The highest BCUT2D eigenvalue weighted by atomic mass is 15.3. The van der Waals surface area contributed by atoms with Crippen LogP contribution in [0.1, 0.15) is 35.7 Å². The van der Waals surface area contributed by atoms with Gasteiger partial charge in [-0.25, -0.2) is 4.98 Å². The quantitative estimate of drug-likeness (QED) is 0.859. The third-order valence-corrected chi connectivity index (χ3v) is 2.97. The van der Waals surface area contributed by atoms with E-state index in [1.807, 2.05) is 20.0 Å². The Morgan fingerprint density at radius 3 is 2.78 bits per heavy atom. The Balaban J connectivity index is 2.25. The summed E-state index contributed by atoms with van der Waals surface area (Å²) >= 11 is 0. The molecular weight excluding hydrogens is 228 g/mol. The zero-order valence-electron chi connectivity index (χ0n) is 11.0. The summed E-state index contributed by atoms with van der Waals surface area (Å²) in [4.78, 5) is 4.19. The highest BCUT2D eigenvalue weighted by molar-refractivity contribution is 5.25. The Hall–Kier alpha value is -1.82. The van der Waals surface area contributed by atoms with Crippen LogP contribution in [-0.4, -0.2) is 25.0 Å². The zero-order valence-corrected chi connectivity index (χ0v) is 11.0. The Morgan fingerprint density at radius 2 is 2.17 bits per heavy atom. The number of hydrogen-bond acceptors (Lipinski definition) is 5. The van der Waals surface area contributed by atoms with Gasteiger partial charge in [0.1, 0.15) is 12.2 Å². The topological polar surface area (TPSA) is 82.5 Å². The standard InChI is InChI=1S/C12H18N6/c1-4-11-9(5-8(2)16-17-11)10(13)6-12-14-7-15-18(12)3/h5,7,10H,4,6,13H2,1-3H3. The van der Waals surface area contributed by atoms with E-state index >= 15 is 0 Å². The van der Waals surface area contributed by atoms with Crippen LogP contribution in [0.5, 0.6) is 0 Å². The van der Waals surface area contributed by atoms with Crippen molar-refractivity contribution in [3.63, 3.8) is 0 Å². The Labute approximate surface area is 106 Å². The summed E-state index contributed by atoms with van der Waals surface area (Å²) in [5.41, 5.74) is 9.14. The van der Waals surface area contributed by atoms with Crippen molar-refractivity contribution in [2.24, 2.45) is 12.8 Å². The predicted octanol–water partition coefficient (Wildman–Crippen LogP) is 0.718. The maximum Gasteiger partial charge on any atom is 0.138 e. The van der Waals surface area contributed by atoms with Crippen LogP contribution in [0.3, 0.4) is 0 Å². The molecule has 2 aromatic heterocycles. The van der Waals surface area contributed by atoms with Crippen molar-refractivity contribution in [1.82, 2.24) is 25.0 Å². The molecule has 2 heterocycles. The smallest absolute Gasteiger partial charge is 0.138 e. The number of aryl methyl sites for hydroxylation is 3. The van der Waals surface area contributed by atoms with E-state index in [2.05, 4.69) is 27.2 Å². The molecule has 6 heteroatoms. The van der Waals surface area contributed by atoms with Crippen molar-refractivity contribution in [3.8, 4) is 0 Å². The second kappa shape index (κ2) is 5.22. The van der Waals surface area contributed by atoms with Gasteiger partial charge >= 0.3 is 0 Å². The molecule has 0 bridgehead atoms. The molecule has 0 radical (unpaired) electrons. The van der Waals surface area contributed by atoms with Gasteiger partial charge in [0.05, 0.1) is 11.4 Å². The van der Waals surface area contributed by atoms with Crippen LogP contribution in [0, 0.1) is 6.92 Å².